The first-order valence-corrected chi connectivity index (χ1v) is 9.61. The van der Waals surface area contributed by atoms with E-state index in [1.165, 1.54) is 31.2 Å². The molecule has 0 aliphatic heterocycles. The number of hydrogen-bond acceptors (Lipinski definition) is 7. The number of benzene rings is 2. The van der Waals surface area contributed by atoms with Crippen LogP contribution in [0.5, 0.6) is 11.5 Å². The van der Waals surface area contributed by atoms with Crippen molar-refractivity contribution in [3.05, 3.63) is 47.0 Å². The Bertz CT molecular complexity index is 942. The highest BCUT2D eigenvalue weighted by Gasteiger charge is 2.09. The van der Waals surface area contributed by atoms with E-state index in [4.69, 9.17) is 16.3 Å². The number of phenols is 1. The number of amides is 1. The van der Waals surface area contributed by atoms with E-state index in [2.05, 4.69) is 15.5 Å². The van der Waals surface area contributed by atoms with Crippen molar-refractivity contribution < 1.29 is 14.6 Å². The Labute approximate surface area is 162 Å². The third-order valence-corrected chi connectivity index (χ3v) is 5.74. The standard InChI is InChI=1S/C17H14ClN3O3S2/c1-24-13-7-10(6-11(18)16(13)23)8-19-21-15(22)9-25-17-20-12-4-2-3-5-14(12)26-17/h2-8,23H,9H2,1H3,(H,21,22)/b19-8-. The van der Waals surface area contributed by atoms with Gasteiger partial charge >= 0.3 is 0 Å². The SMILES string of the molecule is COc1cc(/C=N\NC(=O)CSc2nc3ccccc3s2)cc(Cl)c1O. The molecule has 2 N–H and O–H groups in total. The van der Waals surface area contributed by atoms with Gasteiger partial charge in [0, 0.05) is 0 Å². The van der Waals surface area contributed by atoms with Gasteiger partial charge in [-0.1, -0.05) is 35.5 Å². The number of hydrazone groups is 1. The number of carbonyl (C=O) groups excluding carboxylic acids is 1. The van der Waals surface area contributed by atoms with Crippen LogP contribution in [-0.2, 0) is 4.79 Å². The monoisotopic (exact) mass is 407 g/mol. The van der Waals surface area contributed by atoms with Gasteiger partial charge in [0.1, 0.15) is 0 Å². The summed E-state index contributed by atoms with van der Waals surface area (Å²) in [4.78, 5) is 16.4. The number of aromatic hydroxyl groups is 1. The molecule has 3 aromatic rings. The zero-order valence-electron chi connectivity index (χ0n) is 13.6. The summed E-state index contributed by atoms with van der Waals surface area (Å²) in [6.45, 7) is 0. The number of phenolic OH excluding ortho intramolecular Hbond substituents is 1. The van der Waals surface area contributed by atoms with E-state index >= 15 is 0 Å². The summed E-state index contributed by atoms with van der Waals surface area (Å²) >= 11 is 8.81. The van der Waals surface area contributed by atoms with E-state index in [0.29, 0.717) is 5.56 Å². The topological polar surface area (TPSA) is 83.8 Å². The second kappa shape index (κ2) is 8.39. The molecule has 1 amide bonds. The number of fused-ring (bicyclic) bond motifs is 1. The van der Waals surface area contributed by atoms with Crippen LogP contribution < -0.4 is 10.2 Å². The Morgan fingerprint density at radius 1 is 1.46 bits per heavy atom. The summed E-state index contributed by atoms with van der Waals surface area (Å²) in [7, 11) is 1.42. The Kier molecular flexibility index (Phi) is 5.97. The Hall–Kier alpha value is -2.29. The fourth-order valence-electron chi connectivity index (χ4n) is 2.08. The van der Waals surface area contributed by atoms with Gasteiger partial charge in [0.05, 0.1) is 34.3 Å². The van der Waals surface area contributed by atoms with E-state index < -0.39 is 0 Å². The molecule has 2 aromatic carbocycles. The van der Waals surface area contributed by atoms with Crippen LogP contribution in [-0.4, -0.2) is 35.1 Å². The van der Waals surface area contributed by atoms with Crippen LogP contribution in [0.3, 0.4) is 0 Å². The number of nitrogens with zero attached hydrogens (tertiary/aromatic N) is 2. The zero-order valence-corrected chi connectivity index (χ0v) is 16.0. The molecular weight excluding hydrogens is 394 g/mol. The highest BCUT2D eigenvalue weighted by atomic mass is 35.5. The van der Waals surface area contributed by atoms with Crippen molar-refractivity contribution in [1.29, 1.82) is 0 Å². The smallest absolute Gasteiger partial charge is 0.250 e. The number of para-hydroxylation sites is 1. The van der Waals surface area contributed by atoms with Crippen molar-refractivity contribution in [2.24, 2.45) is 5.10 Å². The van der Waals surface area contributed by atoms with Crippen LogP contribution in [0, 0.1) is 0 Å². The molecular formula is C17H14ClN3O3S2. The lowest BCUT2D eigenvalue weighted by molar-refractivity contribution is -0.118. The molecule has 9 heteroatoms. The molecule has 0 bridgehead atoms. The number of thioether (sulfide) groups is 1. The number of carbonyl (C=O) groups is 1. The van der Waals surface area contributed by atoms with Crippen molar-refractivity contribution in [3.8, 4) is 11.5 Å². The third kappa shape index (κ3) is 4.46. The van der Waals surface area contributed by atoms with Gasteiger partial charge in [-0.05, 0) is 29.8 Å². The minimum absolute atomic E-state index is 0.136. The first kappa shape index (κ1) is 18.5. The third-order valence-electron chi connectivity index (χ3n) is 3.27. The molecule has 0 spiro atoms. The first-order valence-electron chi connectivity index (χ1n) is 7.43. The van der Waals surface area contributed by atoms with E-state index in [1.807, 2.05) is 24.3 Å². The molecule has 0 saturated heterocycles. The van der Waals surface area contributed by atoms with Crippen LogP contribution >= 0.6 is 34.7 Å². The molecule has 0 saturated carbocycles. The summed E-state index contributed by atoms with van der Waals surface area (Å²) in [5.74, 6) is 0.0539. The molecule has 0 unspecified atom stereocenters. The lowest BCUT2D eigenvalue weighted by Crippen LogP contribution is -2.19. The molecule has 1 heterocycles. The van der Waals surface area contributed by atoms with Crippen LogP contribution in [0.1, 0.15) is 5.56 Å². The predicted molar refractivity (Wildman–Crippen MR) is 106 cm³/mol. The molecule has 1 aromatic heterocycles. The fraction of sp³-hybridized carbons (Fsp3) is 0.118. The van der Waals surface area contributed by atoms with Gasteiger partial charge in [0.25, 0.3) is 5.91 Å². The fourth-order valence-corrected chi connectivity index (χ4v) is 4.16. The quantitative estimate of drug-likeness (QED) is 0.367. The number of hydrogen-bond donors (Lipinski definition) is 2. The van der Waals surface area contributed by atoms with Gasteiger partial charge in [-0.2, -0.15) is 5.10 Å². The van der Waals surface area contributed by atoms with E-state index in [1.54, 1.807) is 17.4 Å². The number of thiazole rings is 1. The number of halogens is 1. The summed E-state index contributed by atoms with van der Waals surface area (Å²) in [6.07, 6.45) is 1.42. The summed E-state index contributed by atoms with van der Waals surface area (Å²) < 4.78 is 6.94. The maximum absolute atomic E-state index is 11.9. The van der Waals surface area contributed by atoms with Gasteiger partial charge < -0.3 is 9.84 Å². The Morgan fingerprint density at radius 3 is 3.04 bits per heavy atom. The molecule has 0 radical (unpaired) electrons. The maximum Gasteiger partial charge on any atom is 0.250 e. The predicted octanol–water partition coefficient (Wildman–Crippen LogP) is 3.91. The second-order valence-electron chi connectivity index (χ2n) is 5.08. The van der Waals surface area contributed by atoms with Crippen molar-refractivity contribution in [2.45, 2.75) is 4.34 Å². The average Bonchev–Trinajstić information content (AvgIpc) is 3.05. The van der Waals surface area contributed by atoms with Gasteiger partial charge in [-0.15, -0.1) is 11.3 Å². The Balaban J connectivity index is 1.55. The molecule has 26 heavy (non-hydrogen) atoms. The van der Waals surface area contributed by atoms with Crippen molar-refractivity contribution >= 4 is 57.0 Å². The van der Waals surface area contributed by atoms with Crippen molar-refractivity contribution in [2.75, 3.05) is 12.9 Å². The van der Waals surface area contributed by atoms with E-state index in [-0.39, 0.29) is 28.2 Å². The molecule has 6 nitrogen and oxygen atoms in total. The summed E-state index contributed by atoms with van der Waals surface area (Å²) in [6, 6.07) is 10.9. The Morgan fingerprint density at radius 2 is 2.27 bits per heavy atom. The summed E-state index contributed by atoms with van der Waals surface area (Å²) in [5, 5.41) is 13.7. The maximum atomic E-state index is 11.9. The van der Waals surface area contributed by atoms with Crippen molar-refractivity contribution in [1.82, 2.24) is 10.4 Å². The minimum atomic E-state index is -0.248. The average molecular weight is 408 g/mol. The van der Waals surface area contributed by atoms with E-state index in [9.17, 15) is 9.90 Å². The van der Waals surface area contributed by atoms with Crippen LogP contribution in [0.2, 0.25) is 5.02 Å². The van der Waals surface area contributed by atoms with Crippen LogP contribution in [0.4, 0.5) is 0 Å². The van der Waals surface area contributed by atoms with Crippen LogP contribution in [0.25, 0.3) is 10.2 Å². The van der Waals surface area contributed by atoms with Gasteiger partial charge in [-0.25, -0.2) is 10.4 Å². The molecule has 0 aliphatic rings. The molecule has 0 atom stereocenters. The minimum Gasteiger partial charge on any atom is -0.503 e. The highest BCUT2D eigenvalue weighted by molar-refractivity contribution is 8.01. The van der Waals surface area contributed by atoms with Gasteiger partial charge in [0.15, 0.2) is 15.8 Å². The number of ether oxygens (including phenoxy) is 1. The lowest BCUT2D eigenvalue weighted by Gasteiger charge is -2.06. The summed E-state index contributed by atoms with van der Waals surface area (Å²) in [5.41, 5.74) is 3.96. The highest BCUT2D eigenvalue weighted by Crippen LogP contribution is 2.34. The molecule has 134 valence electrons. The van der Waals surface area contributed by atoms with Crippen molar-refractivity contribution in [3.63, 3.8) is 0 Å². The number of aromatic nitrogens is 1. The normalized spacial score (nSPS) is 11.2. The number of methoxy groups -OCH3 is 1. The molecule has 0 aliphatic carbocycles. The van der Waals surface area contributed by atoms with Gasteiger partial charge in [-0.3, -0.25) is 4.79 Å². The zero-order chi connectivity index (χ0) is 18.5. The number of nitrogens with one attached hydrogen (secondary N) is 1. The van der Waals surface area contributed by atoms with Crippen LogP contribution in [0.15, 0.2) is 45.8 Å². The first-order chi connectivity index (χ1) is 12.6. The second-order valence-corrected chi connectivity index (χ2v) is 7.74. The molecule has 3 rings (SSSR count). The molecule has 0 fully saturated rings. The number of rotatable bonds is 6. The van der Waals surface area contributed by atoms with Gasteiger partial charge in [0.2, 0.25) is 0 Å². The van der Waals surface area contributed by atoms with E-state index in [0.717, 1.165) is 14.6 Å². The lowest BCUT2D eigenvalue weighted by atomic mass is 10.2. The largest absolute Gasteiger partial charge is 0.503 e.